The summed E-state index contributed by atoms with van der Waals surface area (Å²) in [6.45, 7) is 2.05. The molecule has 0 aliphatic carbocycles. The first-order valence-electron chi connectivity index (χ1n) is 8.21. The second-order valence-corrected chi connectivity index (χ2v) is 5.51. The molecule has 3 aromatic rings. The van der Waals surface area contributed by atoms with Gasteiger partial charge in [0.2, 0.25) is 0 Å². The fraction of sp³-hybridized carbons (Fsp3) is 0.200. The van der Waals surface area contributed by atoms with Crippen molar-refractivity contribution in [3.8, 4) is 11.5 Å². The first-order valence-corrected chi connectivity index (χ1v) is 8.21. The zero-order chi connectivity index (χ0) is 18.5. The third-order valence-electron chi connectivity index (χ3n) is 3.91. The van der Waals surface area contributed by atoms with E-state index in [1.54, 1.807) is 21.1 Å². The molecule has 0 radical (unpaired) electrons. The Balaban J connectivity index is 2.16. The maximum atomic E-state index is 12.4. The number of pyridine rings is 1. The SMILES string of the molecule is CCOC(=O)c1cnc2ccc(OC)cc2c1Nc1cccc(OC)c1. The number of carbonyl (C=O) groups is 1. The van der Waals surface area contributed by atoms with Crippen molar-refractivity contribution in [1.82, 2.24) is 4.98 Å². The first-order chi connectivity index (χ1) is 12.7. The van der Waals surface area contributed by atoms with Crippen molar-refractivity contribution in [3.63, 3.8) is 0 Å². The summed E-state index contributed by atoms with van der Waals surface area (Å²) in [5.41, 5.74) is 2.49. The molecule has 0 atom stereocenters. The molecule has 6 nitrogen and oxygen atoms in total. The Kier molecular flexibility index (Phi) is 5.22. The molecule has 26 heavy (non-hydrogen) atoms. The number of rotatable bonds is 6. The lowest BCUT2D eigenvalue weighted by atomic mass is 10.1. The summed E-state index contributed by atoms with van der Waals surface area (Å²) >= 11 is 0. The molecule has 0 saturated heterocycles. The highest BCUT2D eigenvalue weighted by Gasteiger charge is 2.17. The van der Waals surface area contributed by atoms with Crippen molar-refractivity contribution in [1.29, 1.82) is 0 Å². The van der Waals surface area contributed by atoms with Crippen molar-refractivity contribution in [2.24, 2.45) is 0 Å². The topological polar surface area (TPSA) is 69.7 Å². The summed E-state index contributed by atoms with van der Waals surface area (Å²) in [5.74, 6) is 0.952. The molecular formula is C20H20N2O4. The Hall–Kier alpha value is -3.28. The normalized spacial score (nSPS) is 10.4. The highest BCUT2D eigenvalue weighted by Crippen LogP contribution is 2.32. The number of hydrogen-bond acceptors (Lipinski definition) is 6. The van der Waals surface area contributed by atoms with E-state index in [1.165, 1.54) is 6.20 Å². The van der Waals surface area contributed by atoms with Gasteiger partial charge in [0.15, 0.2) is 0 Å². The van der Waals surface area contributed by atoms with Gasteiger partial charge in [0.05, 0.1) is 32.0 Å². The molecule has 0 saturated carbocycles. The molecule has 0 unspecified atom stereocenters. The molecule has 3 rings (SSSR count). The third kappa shape index (κ3) is 3.54. The van der Waals surface area contributed by atoms with Gasteiger partial charge in [-0.15, -0.1) is 0 Å². The van der Waals surface area contributed by atoms with Gasteiger partial charge in [-0.2, -0.15) is 0 Å². The Bertz CT molecular complexity index is 940. The van der Waals surface area contributed by atoms with E-state index in [2.05, 4.69) is 10.3 Å². The summed E-state index contributed by atoms with van der Waals surface area (Å²) in [4.78, 5) is 16.8. The van der Waals surface area contributed by atoms with Gasteiger partial charge in [0, 0.05) is 23.3 Å². The highest BCUT2D eigenvalue weighted by molar-refractivity contribution is 6.06. The average Bonchev–Trinajstić information content (AvgIpc) is 2.68. The minimum absolute atomic E-state index is 0.285. The number of nitrogens with zero attached hydrogens (tertiary/aromatic N) is 1. The van der Waals surface area contributed by atoms with E-state index in [1.807, 2.05) is 42.5 Å². The van der Waals surface area contributed by atoms with Gasteiger partial charge in [-0.05, 0) is 37.3 Å². The Morgan fingerprint density at radius 3 is 2.58 bits per heavy atom. The minimum atomic E-state index is -0.435. The summed E-state index contributed by atoms with van der Waals surface area (Å²) < 4.78 is 15.8. The lowest BCUT2D eigenvalue weighted by Crippen LogP contribution is -2.09. The van der Waals surface area contributed by atoms with Crippen LogP contribution in [0.25, 0.3) is 10.9 Å². The van der Waals surface area contributed by atoms with Crippen LogP contribution < -0.4 is 14.8 Å². The predicted molar refractivity (Wildman–Crippen MR) is 101 cm³/mol. The van der Waals surface area contributed by atoms with Crippen LogP contribution in [-0.4, -0.2) is 31.8 Å². The van der Waals surface area contributed by atoms with Crippen LogP contribution in [0.3, 0.4) is 0 Å². The first kappa shape index (κ1) is 17.5. The second kappa shape index (κ2) is 7.74. The monoisotopic (exact) mass is 352 g/mol. The molecule has 2 aromatic carbocycles. The van der Waals surface area contributed by atoms with Crippen molar-refractivity contribution >= 4 is 28.2 Å². The van der Waals surface area contributed by atoms with Gasteiger partial charge in [-0.1, -0.05) is 6.07 Å². The Morgan fingerprint density at radius 2 is 1.85 bits per heavy atom. The predicted octanol–water partition coefficient (Wildman–Crippen LogP) is 4.17. The van der Waals surface area contributed by atoms with Gasteiger partial charge in [-0.25, -0.2) is 4.79 Å². The molecule has 0 aliphatic heterocycles. The maximum absolute atomic E-state index is 12.4. The van der Waals surface area contributed by atoms with Crippen LogP contribution in [0.2, 0.25) is 0 Å². The number of benzene rings is 2. The Morgan fingerprint density at radius 1 is 1.08 bits per heavy atom. The summed E-state index contributed by atoms with van der Waals surface area (Å²) in [7, 11) is 3.20. The number of methoxy groups -OCH3 is 2. The van der Waals surface area contributed by atoms with Gasteiger partial charge in [-0.3, -0.25) is 4.98 Å². The van der Waals surface area contributed by atoms with E-state index in [0.29, 0.717) is 22.7 Å². The largest absolute Gasteiger partial charge is 0.497 e. The van der Waals surface area contributed by atoms with Gasteiger partial charge in [0.1, 0.15) is 17.1 Å². The van der Waals surface area contributed by atoms with E-state index in [0.717, 1.165) is 16.6 Å². The van der Waals surface area contributed by atoms with E-state index in [-0.39, 0.29) is 6.61 Å². The Labute approximate surface area is 151 Å². The number of hydrogen-bond donors (Lipinski definition) is 1. The van der Waals surface area contributed by atoms with Crippen LogP contribution in [0.5, 0.6) is 11.5 Å². The maximum Gasteiger partial charge on any atom is 0.341 e. The van der Waals surface area contributed by atoms with Gasteiger partial charge in [0.25, 0.3) is 0 Å². The number of carbonyl (C=O) groups excluding carboxylic acids is 1. The van der Waals surface area contributed by atoms with E-state index in [4.69, 9.17) is 14.2 Å². The van der Waals surface area contributed by atoms with E-state index < -0.39 is 5.97 Å². The molecule has 1 N–H and O–H groups in total. The number of ether oxygens (including phenoxy) is 3. The molecule has 0 spiro atoms. The number of fused-ring (bicyclic) bond motifs is 1. The van der Waals surface area contributed by atoms with Crippen LogP contribution in [0, 0.1) is 0 Å². The lowest BCUT2D eigenvalue weighted by molar-refractivity contribution is 0.0527. The number of esters is 1. The average molecular weight is 352 g/mol. The molecule has 1 heterocycles. The lowest BCUT2D eigenvalue weighted by Gasteiger charge is -2.15. The molecule has 134 valence electrons. The fourth-order valence-corrected chi connectivity index (χ4v) is 2.64. The van der Waals surface area contributed by atoms with E-state index >= 15 is 0 Å². The van der Waals surface area contributed by atoms with Gasteiger partial charge >= 0.3 is 5.97 Å². The molecule has 0 bridgehead atoms. The second-order valence-electron chi connectivity index (χ2n) is 5.51. The van der Waals surface area contributed by atoms with Crippen LogP contribution in [-0.2, 0) is 4.74 Å². The third-order valence-corrected chi connectivity index (χ3v) is 3.91. The van der Waals surface area contributed by atoms with E-state index in [9.17, 15) is 4.79 Å². The molecule has 0 fully saturated rings. The number of nitrogens with one attached hydrogen (secondary N) is 1. The summed E-state index contributed by atoms with van der Waals surface area (Å²) in [6.07, 6.45) is 1.52. The number of anilines is 2. The molecular weight excluding hydrogens is 332 g/mol. The highest BCUT2D eigenvalue weighted by atomic mass is 16.5. The summed E-state index contributed by atoms with van der Waals surface area (Å²) in [5, 5.41) is 4.07. The molecule has 0 aliphatic rings. The standard InChI is InChI=1S/C20H20N2O4/c1-4-26-20(23)17-12-21-18-9-8-15(25-3)11-16(18)19(17)22-13-6-5-7-14(10-13)24-2/h5-12H,4H2,1-3H3,(H,21,22). The molecule has 6 heteroatoms. The van der Waals surface area contributed by atoms with Crippen LogP contribution in [0.1, 0.15) is 17.3 Å². The van der Waals surface area contributed by atoms with Gasteiger partial charge < -0.3 is 19.5 Å². The van der Waals surface area contributed by atoms with Crippen LogP contribution in [0.4, 0.5) is 11.4 Å². The van der Waals surface area contributed by atoms with Crippen molar-refractivity contribution < 1.29 is 19.0 Å². The minimum Gasteiger partial charge on any atom is -0.497 e. The quantitative estimate of drug-likeness (QED) is 0.672. The van der Waals surface area contributed by atoms with Crippen molar-refractivity contribution in [3.05, 3.63) is 54.2 Å². The van der Waals surface area contributed by atoms with Crippen LogP contribution in [0.15, 0.2) is 48.7 Å². The fourth-order valence-electron chi connectivity index (χ4n) is 2.64. The zero-order valence-corrected chi connectivity index (χ0v) is 14.9. The summed E-state index contributed by atoms with van der Waals surface area (Å²) in [6, 6.07) is 13.0. The van der Waals surface area contributed by atoms with Crippen molar-refractivity contribution in [2.75, 3.05) is 26.1 Å². The molecule has 1 aromatic heterocycles. The molecule has 0 amide bonds. The van der Waals surface area contributed by atoms with Crippen LogP contribution >= 0.6 is 0 Å². The smallest absolute Gasteiger partial charge is 0.341 e. The zero-order valence-electron chi connectivity index (χ0n) is 14.9. The number of aromatic nitrogens is 1. The van der Waals surface area contributed by atoms with Crippen molar-refractivity contribution in [2.45, 2.75) is 6.92 Å².